The van der Waals surface area contributed by atoms with Crippen LogP contribution < -0.4 is 0 Å². The van der Waals surface area contributed by atoms with E-state index in [9.17, 15) is 5.11 Å². The first-order valence-corrected chi connectivity index (χ1v) is 3.91. The highest BCUT2D eigenvalue weighted by atomic mass is 28.2. The van der Waals surface area contributed by atoms with Gasteiger partial charge in [0, 0.05) is 0 Å². The Labute approximate surface area is 62.3 Å². The molecule has 0 saturated carbocycles. The molecular formula is C5H11O4Si. The van der Waals surface area contributed by atoms with Crippen molar-refractivity contribution in [2.45, 2.75) is 18.3 Å². The maximum Gasteiger partial charge on any atom is 0.146 e. The molecule has 1 fully saturated rings. The number of hydrogen-bond acceptors (Lipinski definition) is 4. The molecule has 5 heteroatoms. The van der Waals surface area contributed by atoms with Crippen LogP contribution in [-0.4, -0.2) is 45.6 Å². The van der Waals surface area contributed by atoms with Crippen molar-refractivity contribution in [2.75, 3.05) is 6.61 Å². The van der Waals surface area contributed by atoms with Gasteiger partial charge in [-0.3, -0.25) is 0 Å². The Morgan fingerprint density at radius 2 is 2.40 bits per heavy atom. The minimum Gasteiger partial charge on any atom is -0.420 e. The maximum absolute atomic E-state index is 9.23. The summed E-state index contributed by atoms with van der Waals surface area (Å²) < 4.78 is 9.84. The lowest BCUT2D eigenvalue weighted by atomic mass is 10.2. The second-order valence-corrected chi connectivity index (χ2v) is 2.66. The van der Waals surface area contributed by atoms with Gasteiger partial charge >= 0.3 is 0 Å². The maximum atomic E-state index is 9.23. The Hall–Kier alpha value is 0.0569. The third-order valence-corrected chi connectivity index (χ3v) is 2.10. The van der Waals surface area contributed by atoms with Crippen molar-refractivity contribution in [3.05, 3.63) is 6.61 Å². The van der Waals surface area contributed by atoms with Crippen LogP contribution in [0.4, 0.5) is 0 Å². The highest BCUT2D eigenvalue weighted by Crippen LogP contribution is 2.19. The first-order valence-electron chi connectivity index (χ1n) is 3.10. The molecule has 3 atom stereocenters. The molecule has 1 heterocycles. The number of aliphatic hydroxyl groups is 2. The fraction of sp³-hybridized carbons (Fsp3) is 0.800. The molecule has 1 rings (SSSR count). The third kappa shape index (κ3) is 1.38. The third-order valence-electron chi connectivity index (χ3n) is 1.56. The van der Waals surface area contributed by atoms with Crippen molar-refractivity contribution < 1.29 is 19.4 Å². The fourth-order valence-electron chi connectivity index (χ4n) is 0.897. The average Bonchev–Trinajstić information content (AvgIpc) is 2.30. The Kier molecular flexibility index (Phi) is 2.81. The molecule has 0 amide bonds. The van der Waals surface area contributed by atoms with Crippen molar-refractivity contribution in [1.82, 2.24) is 0 Å². The first-order chi connectivity index (χ1) is 4.79. The van der Waals surface area contributed by atoms with Crippen LogP contribution in [-0.2, 0) is 9.16 Å². The minimum absolute atomic E-state index is 0.168. The van der Waals surface area contributed by atoms with E-state index in [1.165, 1.54) is 6.61 Å². The summed E-state index contributed by atoms with van der Waals surface area (Å²) in [4.78, 5) is 0. The van der Waals surface area contributed by atoms with Gasteiger partial charge in [0.1, 0.15) is 35.4 Å². The molecular weight excluding hydrogens is 152 g/mol. The molecule has 0 aromatic rings. The van der Waals surface area contributed by atoms with Gasteiger partial charge in [0.15, 0.2) is 0 Å². The van der Waals surface area contributed by atoms with Crippen molar-refractivity contribution in [3.8, 4) is 0 Å². The summed E-state index contributed by atoms with van der Waals surface area (Å²) in [7, 11) is 0.561. The molecule has 0 spiro atoms. The van der Waals surface area contributed by atoms with E-state index in [1.807, 2.05) is 0 Å². The molecule has 0 aromatic carbocycles. The molecule has 10 heavy (non-hydrogen) atoms. The number of ether oxygens (including phenoxy) is 1. The van der Waals surface area contributed by atoms with Crippen LogP contribution in [0.5, 0.6) is 0 Å². The predicted molar refractivity (Wildman–Crippen MR) is 37.1 cm³/mol. The van der Waals surface area contributed by atoms with Gasteiger partial charge in [0.25, 0.3) is 0 Å². The van der Waals surface area contributed by atoms with Gasteiger partial charge in [-0.15, -0.1) is 0 Å². The summed E-state index contributed by atoms with van der Waals surface area (Å²) in [6, 6.07) is 0. The lowest BCUT2D eigenvalue weighted by molar-refractivity contribution is 0.00207. The Morgan fingerprint density at radius 1 is 1.70 bits per heavy atom. The van der Waals surface area contributed by atoms with Gasteiger partial charge in [0.2, 0.25) is 0 Å². The van der Waals surface area contributed by atoms with Crippen molar-refractivity contribution >= 4 is 10.5 Å². The highest BCUT2D eigenvalue weighted by Gasteiger charge is 2.35. The average molecular weight is 163 g/mol. The van der Waals surface area contributed by atoms with Crippen molar-refractivity contribution in [3.63, 3.8) is 0 Å². The lowest BCUT2D eigenvalue weighted by Gasteiger charge is -2.13. The molecule has 1 aliphatic rings. The summed E-state index contributed by atoms with van der Waals surface area (Å²) in [6.45, 7) is 1.26. The predicted octanol–water partition coefficient (Wildman–Crippen LogP) is -2.43. The van der Waals surface area contributed by atoms with E-state index in [-0.39, 0.29) is 12.7 Å². The topological polar surface area (TPSA) is 58.9 Å². The normalized spacial score (nSPS) is 40.8. The summed E-state index contributed by atoms with van der Waals surface area (Å²) in [5, 5.41) is 17.8. The van der Waals surface area contributed by atoms with Crippen LogP contribution in [0.3, 0.4) is 0 Å². The first kappa shape index (κ1) is 8.16. The smallest absolute Gasteiger partial charge is 0.146 e. The van der Waals surface area contributed by atoms with E-state index in [1.54, 1.807) is 0 Å². The van der Waals surface area contributed by atoms with Crippen LogP contribution in [0.25, 0.3) is 0 Å². The second kappa shape index (κ2) is 3.45. The fourth-order valence-corrected chi connectivity index (χ4v) is 1.29. The van der Waals surface area contributed by atoms with Crippen molar-refractivity contribution in [1.29, 1.82) is 0 Å². The molecule has 0 aromatic heterocycles. The molecule has 4 nitrogen and oxygen atoms in total. The summed E-state index contributed by atoms with van der Waals surface area (Å²) in [5.41, 5.74) is 0. The quantitative estimate of drug-likeness (QED) is 0.444. The zero-order chi connectivity index (χ0) is 7.56. The molecule has 2 N–H and O–H groups in total. The van der Waals surface area contributed by atoms with E-state index in [0.717, 1.165) is 0 Å². The molecule has 1 saturated heterocycles. The van der Waals surface area contributed by atoms with Crippen molar-refractivity contribution in [2.24, 2.45) is 0 Å². The lowest BCUT2D eigenvalue weighted by Crippen LogP contribution is -2.33. The monoisotopic (exact) mass is 163 g/mol. The SMILES string of the molecule is OC[C@@H]1O[CH][C@@H](O[SiH3])[C@H]1O. The molecule has 0 bridgehead atoms. The van der Waals surface area contributed by atoms with Crippen LogP contribution in [0.1, 0.15) is 0 Å². The Bertz CT molecular complexity index is 97.8. The van der Waals surface area contributed by atoms with Gasteiger partial charge in [-0.25, -0.2) is 0 Å². The molecule has 0 aliphatic carbocycles. The molecule has 0 unspecified atom stereocenters. The minimum atomic E-state index is -0.706. The van der Waals surface area contributed by atoms with E-state index in [0.29, 0.717) is 10.5 Å². The van der Waals surface area contributed by atoms with Gasteiger partial charge in [-0.2, -0.15) is 0 Å². The summed E-state index contributed by atoms with van der Waals surface area (Å²) in [5.74, 6) is 0. The van der Waals surface area contributed by atoms with Crippen LogP contribution in [0, 0.1) is 6.61 Å². The van der Waals surface area contributed by atoms with Gasteiger partial charge in [0.05, 0.1) is 6.61 Å². The number of hydrogen-bond donors (Lipinski definition) is 2. The summed E-state index contributed by atoms with van der Waals surface area (Å²) >= 11 is 0. The summed E-state index contributed by atoms with van der Waals surface area (Å²) in [6.07, 6.45) is -1.55. The van der Waals surface area contributed by atoms with Gasteiger partial charge in [-0.1, -0.05) is 0 Å². The standard InChI is InChI=1S/C5H11O4Si/c6-1-3-5(7)4(9-10)2-8-3/h2-7H,1H2,10H3/t3-,4+,5-/m0/s1. The van der Waals surface area contributed by atoms with Gasteiger partial charge < -0.3 is 19.4 Å². The van der Waals surface area contributed by atoms with E-state index >= 15 is 0 Å². The second-order valence-electron chi connectivity index (χ2n) is 2.18. The van der Waals surface area contributed by atoms with E-state index < -0.39 is 12.2 Å². The molecule has 1 aliphatic heterocycles. The van der Waals surface area contributed by atoms with E-state index in [4.69, 9.17) is 14.3 Å². The molecule has 1 radical (unpaired) electrons. The van der Waals surface area contributed by atoms with Gasteiger partial charge in [-0.05, 0) is 0 Å². The zero-order valence-corrected chi connectivity index (χ0v) is 7.73. The highest BCUT2D eigenvalue weighted by molar-refractivity contribution is 5.98. The Morgan fingerprint density at radius 3 is 2.70 bits per heavy atom. The largest absolute Gasteiger partial charge is 0.420 e. The number of rotatable bonds is 2. The number of aliphatic hydroxyl groups excluding tert-OH is 2. The van der Waals surface area contributed by atoms with Crippen LogP contribution in [0.15, 0.2) is 0 Å². The van der Waals surface area contributed by atoms with E-state index in [2.05, 4.69) is 0 Å². The van der Waals surface area contributed by atoms with Crippen LogP contribution in [0.2, 0.25) is 0 Å². The van der Waals surface area contributed by atoms with Crippen LogP contribution >= 0.6 is 0 Å². The Balaban J connectivity index is 2.41. The molecule has 59 valence electrons. The zero-order valence-electron chi connectivity index (χ0n) is 5.73.